The Balaban J connectivity index is 1.93. The van der Waals surface area contributed by atoms with Crippen LogP contribution in [0.1, 0.15) is 11.1 Å². The minimum absolute atomic E-state index is 0.160. The van der Waals surface area contributed by atoms with Gasteiger partial charge < -0.3 is 19.4 Å². The monoisotopic (exact) mass is 420 g/mol. The van der Waals surface area contributed by atoms with E-state index in [4.69, 9.17) is 4.74 Å². The fraction of sp³-hybridized carbons (Fsp3) is 0.292. The molecule has 0 bridgehead atoms. The van der Waals surface area contributed by atoms with Gasteiger partial charge in [-0.15, -0.1) is 0 Å². The van der Waals surface area contributed by atoms with Gasteiger partial charge in [-0.3, -0.25) is 4.79 Å². The molecule has 0 saturated carbocycles. The summed E-state index contributed by atoms with van der Waals surface area (Å²) in [6.45, 7) is -0.0348. The molecule has 7 nitrogen and oxygen atoms in total. The van der Waals surface area contributed by atoms with E-state index in [0.29, 0.717) is 12.1 Å². The van der Waals surface area contributed by atoms with Crippen LogP contribution in [0.25, 0.3) is 6.08 Å². The van der Waals surface area contributed by atoms with Crippen molar-refractivity contribution in [1.29, 1.82) is 5.26 Å². The minimum atomic E-state index is -0.823. The molecule has 0 aliphatic carbocycles. The summed E-state index contributed by atoms with van der Waals surface area (Å²) in [4.78, 5) is 30.0. The maximum atomic E-state index is 12.3. The third-order valence-electron chi connectivity index (χ3n) is 4.69. The first-order valence-corrected chi connectivity index (χ1v) is 9.77. The first-order valence-electron chi connectivity index (χ1n) is 9.77. The molecule has 0 spiro atoms. The Labute approximate surface area is 183 Å². The van der Waals surface area contributed by atoms with Crippen LogP contribution in [-0.4, -0.2) is 58.6 Å². The fourth-order valence-electron chi connectivity index (χ4n) is 2.75. The quantitative estimate of drug-likeness (QED) is 0.371. The Morgan fingerprint density at radius 1 is 0.903 bits per heavy atom. The minimum Gasteiger partial charge on any atom is -0.451 e. The zero-order chi connectivity index (χ0) is 23.0. The molecule has 1 amide bonds. The third-order valence-corrected chi connectivity index (χ3v) is 4.69. The van der Waals surface area contributed by atoms with Gasteiger partial charge in [-0.1, -0.05) is 24.3 Å². The van der Waals surface area contributed by atoms with Crippen molar-refractivity contribution in [3.63, 3.8) is 0 Å². The van der Waals surface area contributed by atoms with E-state index in [0.717, 1.165) is 16.9 Å². The molecule has 0 atom stereocenters. The number of carbonyl (C=O) groups excluding carboxylic acids is 2. The van der Waals surface area contributed by atoms with Crippen molar-refractivity contribution < 1.29 is 14.3 Å². The molecular formula is C24H28N4O3. The Bertz CT molecular complexity index is 971. The lowest BCUT2D eigenvalue weighted by Gasteiger charge is -2.18. The van der Waals surface area contributed by atoms with E-state index in [2.05, 4.69) is 0 Å². The van der Waals surface area contributed by atoms with Gasteiger partial charge in [0.05, 0.1) is 0 Å². The van der Waals surface area contributed by atoms with Crippen LogP contribution in [0, 0.1) is 11.3 Å². The second-order valence-electron chi connectivity index (χ2n) is 7.54. The van der Waals surface area contributed by atoms with Crippen molar-refractivity contribution in [3.05, 3.63) is 65.2 Å². The maximum absolute atomic E-state index is 12.3. The molecule has 0 saturated heterocycles. The summed E-state index contributed by atoms with van der Waals surface area (Å²) in [7, 11) is 9.42. The number of hydrogen-bond acceptors (Lipinski definition) is 6. The molecule has 2 aromatic rings. The number of benzene rings is 2. The van der Waals surface area contributed by atoms with E-state index in [1.54, 1.807) is 19.2 Å². The van der Waals surface area contributed by atoms with E-state index in [1.807, 2.05) is 80.5 Å². The number of nitrogens with zero attached hydrogens (tertiary/aromatic N) is 4. The second-order valence-corrected chi connectivity index (χ2v) is 7.54. The maximum Gasteiger partial charge on any atom is 0.349 e. The molecule has 0 unspecified atom stereocenters. The lowest BCUT2D eigenvalue weighted by Crippen LogP contribution is -2.31. The van der Waals surface area contributed by atoms with Crippen LogP contribution in [0.15, 0.2) is 54.1 Å². The van der Waals surface area contributed by atoms with Gasteiger partial charge >= 0.3 is 5.97 Å². The number of likely N-dealkylation sites (N-methyl/N-ethyl adjacent to an activating group) is 1. The Kier molecular flexibility index (Phi) is 8.21. The Morgan fingerprint density at radius 2 is 1.42 bits per heavy atom. The molecule has 0 aromatic heterocycles. The molecule has 2 aromatic carbocycles. The summed E-state index contributed by atoms with van der Waals surface area (Å²) < 4.78 is 5.06. The van der Waals surface area contributed by atoms with E-state index >= 15 is 0 Å². The molecule has 0 fully saturated rings. The summed E-state index contributed by atoms with van der Waals surface area (Å²) in [6.07, 6.45) is 1.45. The summed E-state index contributed by atoms with van der Waals surface area (Å²) in [5, 5.41) is 9.31. The third kappa shape index (κ3) is 6.89. The number of nitriles is 1. The van der Waals surface area contributed by atoms with Crippen molar-refractivity contribution >= 4 is 29.3 Å². The normalized spacial score (nSPS) is 10.8. The van der Waals surface area contributed by atoms with Gasteiger partial charge in [0.25, 0.3) is 5.91 Å². The molecule has 31 heavy (non-hydrogen) atoms. The average Bonchev–Trinajstić information content (AvgIpc) is 2.76. The standard InChI is InChI=1S/C24H28N4O3/c1-26(2)21-10-6-18(7-11-21)14-20(15-25)24(30)31-17-23(29)28(5)16-19-8-12-22(13-9-19)27(3)4/h6-14H,16-17H2,1-5H3/b20-14+. The SMILES string of the molecule is CN(Cc1ccc(N(C)C)cc1)C(=O)COC(=O)/C(C#N)=C/c1ccc(N(C)C)cc1. The molecule has 0 aliphatic rings. The van der Waals surface area contributed by atoms with E-state index in [-0.39, 0.29) is 11.5 Å². The van der Waals surface area contributed by atoms with Crippen LogP contribution >= 0.6 is 0 Å². The van der Waals surface area contributed by atoms with Gasteiger partial charge in [0.1, 0.15) is 11.6 Å². The molecule has 0 N–H and O–H groups in total. The van der Waals surface area contributed by atoms with Gasteiger partial charge in [0.15, 0.2) is 6.61 Å². The van der Waals surface area contributed by atoms with Gasteiger partial charge in [-0.2, -0.15) is 5.26 Å². The first-order chi connectivity index (χ1) is 14.7. The van der Waals surface area contributed by atoms with Crippen molar-refractivity contribution in [2.24, 2.45) is 0 Å². The molecule has 0 aliphatic heterocycles. The zero-order valence-corrected chi connectivity index (χ0v) is 18.6. The molecule has 0 radical (unpaired) electrons. The fourth-order valence-corrected chi connectivity index (χ4v) is 2.75. The first kappa shape index (κ1) is 23.5. The zero-order valence-electron chi connectivity index (χ0n) is 18.6. The molecular weight excluding hydrogens is 392 g/mol. The summed E-state index contributed by atoms with van der Waals surface area (Å²) >= 11 is 0. The Hall–Kier alpha value is -3.79. The number of amides is 1. The summed E-state index contributed by atoms with van der Waals surface area (Å²) in [6, 6.07) is 17.1. The van der Waals surface area contributed by atoms with Crippen LogP contribution < -0.4 is 9.80 Å². The average molecular weight is 421 g/mol. The molecule has 7 heteroatoms. The number of ether oxygens (including phenoxy) is 1. The van der Waals surface area contributed by atoms with Crippen molar-refractivity contribution in [2.45, 2.75) is 6.54 Å². The topological polar surface area (TPSA) is 76.9 Å². The second kappa shape index (κ2) is 10.8. The lowest BCUT2D eigenvalue weighted by molar-refractivity contribution is -0.148. The van der Waals surface area contributed by atoms with Gasteiger partial charge in [0.2, 0.25) is 0 Å². The van der Waals surface area contributed by atoms with Crippen LogP contribution in [0.3, 0.4) is 0 Å². The smallest absolute Gasteiger partial charge is 0.349 e. The van der Waals surface area contributed by atoms with Gasteiger partial charge in [-0.05, 0) is 41.5 Å². The highest BCUT2D eigenvalue weighted by molar-refractivity contribution is 5.98. The van der Waals surface area contributed by atoms with Crippen molar-refractivity contribution in [1.82, 2.24) is 4.90 Å². The number of anilines is 2. The highest BCUT2D eigenvalue weighted by Crippen LogP contribution is 2.16. The lowest BCUT2D eigenvalue weighted by atomic mass is 10.1. The predicted octanol–water partition coefficient (Wildman–Crippen LogP) is 2.93. The van der Waals surface area contributed by atoms with Crippen molar-refractivity contribution in [2.75, 3.05) is 51.6 Å². The summed E-state index contributed by atoms with van der Waals surface area (Å²) in [5.41, 5.74) is 3.57. The van der Waals surface area contributed by atoms with Gasteiger partial charge in [0, 0.05) is 53.2 Å². The highest BCUT2D eigenvalue weighted by Gasteiger charge is 2.16. The van der Waals surface area contributed by atoms with Crippen LogP contribution in [0.4, 0.5) is 11.4 Å². The number of carbonyl (C=O) groups is 2. The molecule has 162 valence electrons. The predicted molar refractivity (Wildman–Crippen MR) is 123 cm³/mol. The Morgan fingerprint density at radius 3 is 1.90 bits per heavy atom. The number of hydrogen-bond donors (Lipinski definition) is 0. The highest BCUT2D eigenvalue weighted by atomic mass is 16.5. The number of rotatable bonds is 8. The summed E-state index contributed by atoms with van der Waals surface area (Å²) in [5.74, 6) is -1.17. The molecule has 0 heterocycles. The largest absolute Gasteiger partial charge is 0.451 e. The van der Waals surface area contributed by atoms with Gasteiger partial charge in [-0.25, -0.2) is 4.79 Å². The van der Waals surface area contributed by atoms with Crippen LogP contribution in [-0.2, 0) is 20.9 Å². The van der Waals surface area contributed by atoms with E-state index < -0.39 is 12.6 Å². The van der Waals surface area contributed by atoms with E-state index in [1.165, 1.54) is 11.0 Å². The van der Waals surface area contributed by atoms with Crippen molar-refractivity contribution in [3.8, 4) is 6.07 Å². The van der Waals surface area contributed by atoms with Crippen LogP contribution in [0.5, 0.6) is 0 Å². The van der Waals surface area contributed by atoms with E-state index in [9.17, 15) is 14.9 Å². The molecule has 2 rings (SSSR count). The van der Waals surface area contributed by atoms with Crippen LogP contribution in [0.2, 0.25) is 0 Å². The number of esters is 1.